The molecule has 1 aromatic carbocycles. The summed E-state index contributed by atoms with van der Waals surface area (Å²) in [6.45, 7) is 12.0. The van der Waals surface area contributed by atoms with Gasteiger partial charge in [-0.3, -0.25) is 14.5 Å². The van der Waals surface area contributed by atoms with Crippen molar-refractivity contribution in [3.8, 4) is 0 Å². The molecule has 28 heavy (non-hydrogen) atoms. The van der Waals surface area contributed by atoms with Gasteiger partial charge in [-0.25, -0.2) is 0 Å². The molecule has 1 aromatic rings. The van der Waals surface area contributed by atoms with Crippen LogP contribution in [0.5, 0.6) is 0 Å². The molecule has 1 aliphatic rings. The maximum absolute atomic E-state index is 12.7. The van der Waals surface area contributed by atoms with Crippen molar-refractivity contribution in [2.75, 3.05) is 32.8 Å². The van der Waals surface area contributed by atoms with E-state index in [0.29, 0.717) is 29.7 Å². The summed E-state index contributed by atoms with van der Waals surface area (Å²) in [7, 11) is 0. The number of hydrogen-bond donors (Lipinski definition) is 2. The standard InChI is InChI=1S/C21H32ClN3O3/c1-14(2)12-25-9-10-28-16(13-25)11-23-21(27)19(15(3)4)24-20(26)17-7-5-6-8-18(17)22/h5-8,14-16,19H,9-13H2,1-4H3,(H,23,27)(H,24,26). The Morgan fingerprint density at radius 3 is 2.61 bits per heavy atom. The van der Waals surface area contributed by atoms with Gasteiger partial charge in [0.25, 0.3) is 5.91 Å². The molecule has 0 saturated carbocycles. The lowest BCUT2D eigenvalue weighted by molar-refractivity contribution is -0.125. The molecule has 2 amide bonds. The van der Waals surface area contributed by atoms with E-state index in [1.807, 2.05) is 13.8 Å². The Hall–Kier alpha value is -1.63. The van der Waals surface area contributed by atoms with Crippen molar-refractivity contribution < 1.29 is 14.3 Å². The molecular weight excluding hydrogens is 378 g/mol. The minimum atomic E-state index is -0.640. The zero-order valence-corrected chi connectivity index (χ0v) is 18.0. The number of ether oxygens (including phenoxy) is 1. The molecule has 0 aliphatic carbocycles. The molecule has 6 nitrogen and oxygen atoms in total. The number of morpholine rings is 1. The Bertz CT molecular complexity index is 666. The summed E-state index contributed by atoms with van der Waals surface area (Å²) in [4.78, 5) is 27.6. The van der Waals surface area contributed by atoms with Crippen molar-refractivity contribution >= 4 is 23.4 Å². The van der Waals surface area contributed by atoms with Crippen LogP contribution in [0.3, 0.4) is 0 Å². The van der Waals surface area contributed by atoms with E-state index < -0.39 is 6.04 Å². The number of amides is 2. The van der Waals surface area contributed by atoms with Gasteiger partial charge in [0, 0.05) is 26.2 Å². The lowest BCUT2D eigenvalue weighted by Crippen LogP contribution is -2.53. The van der Waals surface area contributed by atoms with E-state index in [1.54, 1.807) is 24.3 Å². The first kappa shape index (κ1) is 22.7. The molecule has 2 atom stereocenters. The first-order valence-electron chi connectivity index (χ1n) is 9.95. The molecular formula is C21H32ClN3O3. The second kappa shape index (κ2) is 10.8. The molecule has 1 heterocycles. The minimum Gasteiger partial charge on any atom is -0.374 e. The van der Waals surface area contributed by atoms with Crippen molar-refractivity contribution in [2.45, 2.75) is 39.8 Å². The topological polar surface area (TPSA) is 70.7 Å². The first-order chi connectivity index (χ1) is 13.3. The van der Waals surface area contributed by atoms with Crippen LogP contribution < -0.4 is 10.6 Å². The fourth-order valence-electron chi connectivity index (χ4n) is 3.31. The number of nitrogens with zero attached hydrogens (tertiary/aromatic N) is 1. The molecule has 2 rings (SSSR count). The van der Waals surface area contributed by atoms with Crippen LogP contribution in [0.25, 0.3) is 0 Å². The lowest BCUT2D eigenvalue weighted by Gasteiger charge is -2.34. The second-order valence-electron chi connectivity index (χ2n) is 8.07. The van der Waals surface area contributed by atoms with Crippen molar-refractivity contribution in [2.24, 2.45) is 11.8 Å². The van der Waals surface area contributed by atoms with Gasteiger partial charge in [-0.2, -0.15) is 0 Å². The van der Waals surface area contributed by atoms with Gasteiger partial charge < -0.3 is 15.4 Å². The Balaban J connectivity index is 1.90. The monoisotopic (exact) mass is 409 g/mol. The number of hydrogen-bond acceptors (Lipinski definition) is 4. The van der Waals surface area contributed by atoms with E-state index in [2.05, 4.69) is 29.4 Å². The third-order valence-corrected chi connectivity index (χ3v) is 5.03. The zero-order chi connectivity index (χ0) is 20.7. The van der Waals surface area contributed by atoms with Crippen molar-refractivity contribution in [3.05, 3.63) is 34.9 Å². The highest BCUT2D eigenvalue weighted by Gasteiger charge is 2.27. The van der Waals surface area contributed by atoms with E-state index in [0.717, 1.165) is 19.6 Å². The summed E-state index contributed by atoms with van der Waals surface area (Å²) >= 11 is 6.09. The minimum absolute atomic E-state index is 0.0384. The van der Waals surface area contributed by atoms with Gasteiger partial charge in [-0.1, -0.05) is 51.4 Å². The van der Waals surface area contributed by atoms with E-state index in [1.165, 1.54) is 0 Å². The maximum Gasteiger partial charge on any atom is 0.253 e. The van der Waals surface area contributed by atoms with Crippen molar-refractivity contribution in [3.63, 3.8) is 0 Å². The molecule has 0 bridgehead atoms. The maximum atomic E-state index is 12.7. The van der Waals surface area contributed by atoms with Gasteiger partial charge in [-0.15, -0.1) is 0 Å². The molecule has 0 aromatic heterocycles. The summed E-state index contributed by atoms with van der Waals surface area (Å²) in [5, 5.41) is 6.11. The van der Waals surface area contributed by atoms with Gasteiger partial charge >= 0.3 is 0 Å². The lowest BCUT2D eigenvalue weighted by atomic mass is 10.0. The quantitative estimate of drug-likeness (QED) is 0.692. The molecule has 1 aliphatic heterocycles. The van der Waals surface area contributed by atoms with Gasteiger partial charge in [0.2, 0.25) is 5.91 Å². The molecule has 156 valence electrons. The molecule has 2 unspecified atom stereocenters. The van der Waals surface area contributed by atoms with E-state index >= 15 is 0 Å². The van der Waals surface area contributed by atoms with Gasteiger partial charge in [-0.05, 0) is 24.0 Å². The van der Waals surface area contributed by atoms with Crippen molar-refractivity contribution in [1.82, 2.24) is 15.5 Å². The van der Waals surface area contributed by atoms with Crippen LogP contribution in [-0.2, 0) is 9.53 Å². The van der Waals surface area contributed by atoms with Crippen LogP contribution in [0.1, 0.15) is 38.1 Å². The van der Waals surface area contributed by atoms with Crippen LogP contribution in [0.15, 0.2) is 24.3 Å². The summed E-state index contributed by atoms with van der Waals surface area (Å²) in [5.41, 5.74) is 0.363. The van der Waals surface area contributed by atoms with E-state index in [9.17, 15) is 9.59 Å². The predicted octanol–water partition coefficient (Wildman–Crippen LogP) is 2.57. The fraction of sp³-hybridized carbons (Fsp3) is 0.619. The van der Waals surface area contributed by atoms with E-state index in [4.69, 9.17) is 16.3 Å². The van der Waals surface area contributed by atoms with Crippen LogP contribution in [0, 0.1) is 11.8 Å². The smallest absolute Gasteiger partial charge is 0.253 e. The molecule has 0 radical (unpaired) electrons. The van der Waals surface area contributed by atoms with Gasteiger partial charge in [0.1, 0.15) is 6.04 Å². The van der Waals surface area contributed by atoms with Crippen molar-refractivity contribution in [1.29, 1.82) is 0 Å². The Morgan fingerprint density at radius 2 is 1.96 bits per heavy atom. The molecule has 2 N–H and O–H groups in total. The summed E-state index contributed by atoms with van der Waals surface area (Å²) in [6, 6.07) is 6.17. The Kier molecular flexibility index (Phi) is 8.73. The normalized spacial score (nSPS) is 18.9. The average molecular weight is 410 g/mol. The number of benzene rings is 1. The van der Waals surface area contributed by atoms with E-state index in [-0.39, 0.29) is 23.8 Å². The zero-order valence-electron chi connectivity index (χ0n) is 17.2. The highest BCUT2D eigenvalue weighted by atomic mass is 35.5. The number of nitrogens with one attached hydrogen (secondary N) is 2. The highest BCUT2D eigenvalue weighted by molar-refractivity contribution is 6.33. The molecule has 1 saturated heterocycles. The summed E-state index contributed by atoms with van der Waals surface area (Å²) in [5.74, 6) is -0.0219. The summed E-state index contributed by atoms with van der Waals surface area (Å²) < 4.78 is 5.79. The third kappa shape index (κ3) is 6.76. The third-order valence-electron chi connectivity index (χ3n) is 4.70. The molecule has 0 spiro atoms. The highest BCUT2D eigenvalue weighted by Crippen LogP contribution is 2.15. The van der Waals surface area contributed by atoms with Gasteiger partial charge in [0.05, 0.1) is 23.3 Å². The number of halogens is 1. The number of carbonyl (C=O) groups excluding carboxylic acids is 2. The molecule has 7 heteroatoms. The van der Waals surface area contributed by atoms with Crippen LogP contribution >= 0.6 is 11.6 Å². The fourth-order valence-corrected chi connectivity index (χ4v) is 3.53. The second-order valence-corrected chi connectivity index (χ2v) is 8.47. The Morgan fingerprint density at radius 1 is 1.25 bits per heavy atom. The van der Waals surface area contributed by atoms with Crippen LogP contribution in [0.2, 0.25) is 5.02 Å². The summed E-state index contributed by atoms with van der Waals surface area (Å²) in [6.07, 6.45) is -0.0384. The number of carbonyl (C=O) groups is 2. The number of rotatable bonds is 8. The first-order valence-corrected chi connectivity index (χ1v) is 10.3. The predicted molar refractivity (Wildman–Crippen MR) is 112 cm³/mol. The van der Waals surface area contributed by atoms with Gasteiger partial charge in [0.15, 0.2) is 0 Å². The average Bonchev–Trinajstić information content (AvgIpc) is 2.64. The SMILES string of the molecule is CC(C)CN1CCOC(CNC(=O)C(NC(=O)c2ccccc2Cl)C(C)C)C1. The van der Waals surface area contributed by atoms with Crippen LogP contribution in [0.4, 0.5) is 0 Å². The Labute approximate surface area is 172 Å². The molecule has 1 fully saturated rings. The largest absolute Gasteiger partial charge is 0.374 e. The van der Waals surface area contributed by atoms with Crippen LogP contribution in [-0.4, -0.2) is 61.6 Å².